The van der Waals surface area contributed by atoms with Gasteiger partial charge in [0.1, 0.15) is 0 Å². The minimum absolute atomic E-state index is 0.0437. The number of hydrogen-bond acceptors (Lipinski definition) is 3. The van der Waals surface area contributed by atoms with Crippen LogP contribution in [0.5, 0.6) is 0 Å². The Morgan fingerprint density at radius 2 is 2.19 bits per heavy atom. The zero-order chi connectivity index (χ0) is 11.4. The number of aromatic nitrogens is 2. The Labute approximate surface area is 93.7 Å². The largest absolute Gasteiger partial charge is 0.295 e. The van der Waals surface area contributed by atoms with E-state index < -0.39 is 0 Å². The molecular weight excluding hydrogens is 202 g/mol. The first-order valence-corrected chi connectivity index (χ1v) is 5.31. The molecule has 0 radical (unpaired) electrons. The number of nitrogens with zero attached hydrogens (tertiary/aromatic N) is 2. The molecule has 0 fully saturated rings. The monoisotopic (exact) mass is 215 g/mol. The number of hydrogen-bond donors (Lipinski definition) is 1. The lowest BCUT2D eigenvalue weighted by molar-refractivity contribution is -0.116. The predicted molar refractivity (Wildman–Crippen MR) is 63.1 cm³/mol. The molecule has 2 aromatic rings. The molecule has 1 aromatic heterocycles. The smallest absolute Gasteiger partial charge is 0.229 e. The number of fused-ring (bicyclic) bond motifs is 1. The summed E-state index contributed by atoms with van der Waals surface area (Å²) in [5.74, 6) is 0.329. The molecule has 0 saturated carbocycles. The number of nitrogens with one attached hydrogen (secondary N) is 1. The van der Waals surface area contributed by atoms with Crippen LogP contribution in [0.1, 0.15) is 19.8 Å². The molecule has 1 aromatic carbocycles. The van der Waals surface area contributed by atoms with Gasteiger partial charge in [0, 0.05) is 18.0 Å². The van der Waals surface area contributed by atoms with Crippen molar-refractivity contribution in [3.63, 3.8) is 0 Å². The molecule has 4 heteroatoms. The molecule has 82 valence electrons. The molecule has 0 atom stereocenters. The molecule has 16 heavy (non-hydrogen) atoms. The van der Waals surface area contributed by atoms with Crippen molar-refractivity contribution in [2.45, 2.75) is 19.8 Å². The van der Waals surface area contributed by atoms with Crippen LogP contribution in [0.15, 0.2) is 30.5 Å². The minimum atomic E-state index is -0.0437. The van der Waals surface area contributed by atoms with Crippen molar-refractivity contribution in [2.24, 2.45) is 0 Å². The van der Waals surface area contributed by atoms with Crippen molar-refractivity contribution in [1.29, 1.82) is 0 Å². The van der Waals surface area contributed by atoms with Gasteiger partial charge in [-0.2, -0.15) is 0 Å². The van der Waals surface area contributed by atoms with E-state index in [0.29, 0.717) is 12.4 Å². The highest BCUT2D eigenvalue weighted by Crippen LogP contribution is 2.11. The van der Waals surface area contributed by atoms with E-state index >= 15 is 0 Å². The Morgan fingerprint density at radius 3 is 3.00 bits per heavy atom. The Hall–Kier alpha value is -1.97. The van der Waals surface area contributed by atoms with Gasteiger partial charge in [-0.15, -0.1) is 0 Å². The summed E-state index contributed by atoms with van der Waals surface area (Å²) in [7, 11) is 0. The van der Waals surface area contributed by atoms with Crippen LogP contribution in [0, 0.1) is 0 Å². The van der Waals surface area contributed by atoms with E-state index in [-0.39, 0.29) is 5.91 Å². The Balaban J connectivity index is 2.22. The van der Waals surface area contributed by atoms with Gasteiger partial charge in [0.2, 0.25) is 11.9 Å². The third kappa shape index (κ3) is 2.34. The molecular formula is C12H13N3O. The van der Waals surface area contributed by atoms with Crippen LogP contribution >= 0.6 is 0 Å². The van der Waals surface area contributed by atoms with Gasteiger partial charge >= 0.3 is 0 Å². The predicted octanol–water partition coefficient (Wildman–Crippen LogP) is 2.37. The van der Waals surface area contributed by atoms with Crippen LogP contribution in [-0.4, -0.2) is 15.9 Å². The third-order valence-electron chi connectivity index (χ3n) is 2.22. The maximum Gasteiger partial charge on any atom is 0.229 e. The molecule has 1 N–H and O–H groups in total. The summed E-state index contributed by atoms with van der Waals surface area (Å²) < 4.78 is 0. The van der Waals surface area contributed by atoms with Gasteiger partial charge in [0.15, 0.2) is 0 Å². The standard InChI is InChI=1S/C12H13N3O/c1-2-5-11(16)15-12-13-8-9-6-3-4-7-10(9)14-12/h3-4,6-8H,2,5H2,1H3,(H,13,14,15,16). The van der Waals surface area contributed by atoms with Crippen molar-refractivity contribution in [1.82, 2.24) is 9.97 Å². The fraction of sp³-hybridized carbons (Fsp3) is 0.250. The molecule has 2 rings (SSSR count). The molecule has 0 unspecified atom stereocenters. The molecule has 1 heterocycles. The molecule has 0 saturated heterocycles. The van der Waals surface area contributed by atoms with E-state index in [1.165, 1.54) is 0 Å². The van der Waals surface area contributed by atoms with Crippen molar-refractivity contribution < 1.29 is 4.79 Å². The van der Waals surface area contributed by atoms with Gasteiger partial charge in [0.05, 0.1) is 5.52 Å². The van der Waals surface area contributed by atoms with Gasteiger partial charge < -0.3 is 0 Å². The molecule has 0 aliphatic heterocycles. The SMILES string of the molecule is CCCC(=O)Nc1ncc2ccccc2n1. The maximum absolute atomic E-state index is 11.4. The average molecular weight is 215 g/mol. The van der Waals surface area contributed by atoms with Gasteiger partial charge in [-0.25, -0.2) is 9.97 Å². The molecule has 4 nitrogen and oxygen atoms in total. The summed E-state index contributed by atoms with van der Waals surface area (Å²) in [6.07, 6.45) is 3.03. The highest BCUT2D eigenvalue weighted by atomic mass is 16.1. The summed E-state index contributed by atoms with van der Waals surface area (Å²) in [6.45, 7) is 1.96. The van der Waals surface area contributed by atoms with E-state index in [1.54, 1.807) is 6.20 Å². The molecule has 0 bridgehead atoms. The van der Waals surface area contributed by atoms with Crippen LogP contribution in [0.4, 0.5) is 5.95 Å². The Kier molecular flexibility index (Phi) is 3.10. The van der Waals surface area contributed by atoms with Crippen LogP contribution in [0.25, 0.3) is 10.9 Å². The molecule has 1 amide bonds. The third-order valence-corrected chi connectivity index (χ3v) is 2.22. The summed E-state index contributed by atoms with van der Waals surface area (Å²) >= 11 is 0. The zero-order valence-electron chi connectivity index (χ0n) is 9.10. The lowest BCUT2D eigenvalue weighted by Crippen LogP contribution is -2.12. The average Bonchev–Trinajstić information content (AvgIpc) is 2.29. The number of para-hydroxylation sites is 1. The number of rotatable bonds is 3. The van der Waals surface area contributed by atoms with E-state index in [0.717, 1.165) is 17.3 Å². The second-order valence-electron chi connectivity index (χ2n) is 3.55. The van der Waals surface area contributed by atoms with Crippen molar-refractivity contribution >= 4 is 22.8 Å². The van der Waals surface area contributed by atoms with Crippen molar-refractivity contribution in [3.8, 4) is 0 Å². The van der Waals surface area contributed by atoms with Crippen molar-refractivity contribution in [3.05, 3.63) is 30.5 Å². The van der Waals surface area contributed by atoms with Crippen LogP contribution in [0.2, 0.25) is 0 Å². The van der Waals surface area contributed by atoms with Gasteiger partial charge in [0.25, 0.3) is 0 Å². The Morgan fingerprint density at radius 1 is 1.38 bits per heavy atom. The topological polar surface area (TPSA) is 54.9 Å². The lowest BCUT2D eigenvalue weighted by atomic mass is 10.2. The van der Waals surface area contributed by atoms with E-state index in [4.69, 9.17) is 0 Å². The second-order valence-corrected chi connectivity index (χ2v) is 3.55. The first-order valence-electron chi connectivity index (χ1n) is 5.31. The number of benzene rings is 1. The molecule has 0 aliphatic carbocycles. The van der Waals surface area contributed by atoms with Crippen LogP contribution in [-0.2, 0) is 4.79 Å². The lowest BCUT2D eigenvalue weighted by Gasteiger charge is -2.03. The Bertz CT molecular complexity index is 510. The first-order chi connectivity index (χ1) is 7.79. The van der Waals surface area contributed by atoms with E-state index in [2.05, 4.69) is 15.3 Å². The van der Waals surface area contributed by atoms with Gasteiger partial charge in [-0.3, -0.25) is 10.1 Å². The van der Waals surface area contributed by atoms with Crippen molar-refractivity contribution in [2.75, 3.05) is 5.32 Å². The van der Waals surface area contributed by atoms with E-state index in [1.807, 2.05) is 31.2 Å². The fourth-order valence-electron chi connectivity index (χ4n) is 1.45. The number of anilines is 1. The van der Waals surface area contributed by atoms with Gasteiger partial charge in [-0.05, 0) is 12.5 Å². The molecule has 0 spiro atoms. The molecule has 0 aliphatic rings. The van der Waals surface area contributed by atoms with Gasteiger partial charge in [-0.1, -0.05) is 25.1 Å². The number of carbonyl (C=O) groups excluding carboxylic acids is 1. The van der Waals surface area contributed by atoms with E-state index in [9.17, 15) is 4.79 Å². The highest BCUT2D eigenvalue weighted by molar-refractivity contribution is 5.90. The van der Waals surface area contributed by atoms with Crippen LogP contribution < -0.4 is 5.32 Å². The quantitative estimate of drug-likeness (QED) is 0.855. The summed E-state index contributed by atoms with van der Waals surface area (Å²) in [5.41, 5.74) is 0.837. The summed E-state index contributed by atoms with van der Waals surface area (Å²) in [4.78, 5) is 19.7. The number of carbonyl (C=O) groups is 1. The first kappa shape index (κ1) is 10.5. The fourth-order valence-corrected chi connectivity index (χ4v) is 1.45. The maximum atomic E-state index is 11.4. The van der Waals surface area contributed by atoms with Crippen LogP contribution in [0.3, 0.4) is 0 Å². The highest BCUT2D eigenvalue weighted by Gasteiger charge is 2.03. The number of amides is 1. The summed E-state index contributed by atoms with van der Waals surface area (Å²) in [5, 5.41) is 3.64. The summed E-state index contributed by atoms with van der Waals surface area (Å²) in [6, 6.07) is 7.67. The normalized spacial score (nSPS) is 10.3. The minimum Gasteiger partial charge on any atom is -0.295 e. The second kappa shape index (κ2) is 4.70. The zero-order valence-corrected chi connectivity index (χ0v) is 9.10.